The molecule has 0 spiro atoms. The molecule has 150 valence electrons. The number of carbonyl (C=O) groups excluding carboxylic acids is 2. The van der Waals surface area contributed by atoms with E-state index in [0.717, 1.165) is 15.6 Å². The van der Waals surface area contributed by atoms with E-state index in [-0.39, 0.29) is 29.4 Å². The van der Waals surface area contributed by atoms with Gasteiger partial charge >= 0.3 is 0 Å². The number of nitrogens with zero attached hydrogens (tertiary/aromatic N) is 1. The lowest BCUT2D eigenvalue weighted by Gasteiger charge is -2.13. The van der Waals surface area contributed by atoms with Gasteiger partial charge in [-0.1, -0.05) is 24.3 Å². The molecule has 2 aromatic carbocycles. The summed E-state index contributed by atoms with van der Waals surface area (Å²) in [5.74, 6) is -0.647. The molecule has 1 atom stereocenters. The summed E-state index contributed by atoms with van der Waals surface area (Å²) >= 11 is 1.26. The molecule has 0 radical (unpaired) electrons. The molecule has 1 unspecified atom stereocenters. The van der Waals surface area contributed by atoms with Crippen LogP contribution in [0, 0.1) is 6.92 Å². The van der Waals surface area contributed by atoms with Crippen LogP contribution in [-0.2, 0) is 9.84 Å². The van der Waals surface area contributed by atoms with Crippen molar-refractivity contribution in [2.75, 3.05) is 16.8 Å². The van der Waals surface area contributed by atoms with Gasteiger partial charge in [0.15, 0.2) is 9.84 Å². The Kier molecular flexibility index (Phi) is 5.10. The van der Waals surface area contributed by atoms with Gasteiger partial charge in [-0.25, -0.2) is 8.42 Å². The number of nitrogens with one attached hydrogen (secondary N) is 2. The van der Waals surface area contributed by atoms with Crippen molar-refractivity contribution in [3.05, 3.63) is 59.3 Å². The summed E-state index contributed by atoms with van der Waals surface area (Å²) in [5, 5.41) is 6.38. The van der Waals surface area contributed by atoms with Crippen molar-refractivity contribution in [2.24, 2.45) is 0 Å². The molecular formula is C20H19N3O4S2. The van der Waals surface area contributed by atoms with Crippen molar-refractivity contribution in [1.82, 2.24) is 9.69 Å². The Morgan fingerprint density at radius 3 is 2.69 bits per heavy atom. The van der Waals surface area contributed by atoms with Crippen molar-refractivity contribution in [3.8, 4) is 0 Å². The molecule has 2 N–H and O–H groups in total. The molecule has 2 amide bonds. The zero-order valence-electron chi connectivity index (χ0n) is 15.6. The van der Waals surface area contributed by atoms with Gasteiger partial charge in [-0.3, -0.25) is 9.59 Å². The number of anilines is 1. The summed E-state index contributed by atoms with van der Waals surface area (Å²) in [5.41, 5.74) is 2.02. The Bertz CT molecular complexity index is 1220. The molecule has 3 aromatic rings. The van der Waals surface area contributed by atoms with Crippen LogP contribution < -0.4 is 10.6 Å². The average molecular weight is 430 g/mol. The first-order valence-corrected chi connectivity index (χ1v) is 11.7. The number of aryl methyl sites for hydroxylation is 1. The van der Waals surface area contributed by atoms with Crippen LogP contribution in [0.25, 0.3) is 10.1 Å². The lowest BCUT2D eigenvalue weighted by molar-refractivity contribution is 0.0940. The molecule has 1 aliphatic rings. The van der Waals surface area contributed by atoms with Crippen LogP contribution in [0.2, 0.25) is 0 Å². The Hall–Kier alpha value is -2.78. The molecule has 0 aliphatic carbocycles. The van der Waals surface area contributed by atoms with Crippen LogP contribution in [0.5, 0.6) is 0 Å². The number of hydrogen-bond acceptors (Lipinski definition) is 6. The highest BCUT2D eigenvalue weighted by Crippen LogP contribution is 2.24. The minimum absolute atomic E-state index is 0.0366. The second-order valence-electron chi connectivity index (χ2n) is 7.08. The average Bonchev–Trinajstić information content (AvgIpc) is 3.26. The third-order valence-corrected chi connectivity index (χ3v) is 7.50. The van der Waals surface area contributed by atoms with Gasteiger partial charge in [0.25, 0.3) is 11.8 Å². The lowest BCUT2D eigenvalue weighted by Crippen LogP contribution is -2.35. The fourth-order valence-electron chi connectivity index (χ4n) is 3.31. The predicted octanol–water partition coefficient (Wildman–Crippen LogP) is 2.77. The summed E-state index contributed by atoms with van der Waals surface area (Å²) in [6.07, 6.45) is 0.417. The Labute approximate surface area is 172 Å². The van der Waals surface area contributed by atoms with Gasteiger partial charge in [0.2, 0.25) is 0 Å². The maximum Gasteiger partial charge on any atom is 0.276 e. The highest BCUT2D eigenvalue weighted by Gasteiger charge is 2.29. The standard InChI is InChI=1S/C20H19N3O4S2/c1-12-6-7-13(19(24)21-14-8-9-29(26,27)11-14)10-16(12)22-20(25)18-15-4-2-3-5-17(15)28-23-18/h2-7,10,14H,8-9,11H2,1H3,(H,21,24)(H,22,25). The van der Waals surface area contributed by atoms with Gasteiger partial charge in [-0.05, 0) is 48.6 Å². The Balaban J connectivity index is 1.52. The topological polar surface area (TPSA) is 105 Å². The van der Waals surface area contributed by atoms with Crippen molar-refractivity contribution in [3.63, 3.8) is 0 Å². The number of hydrogen-bond donors (Lipinski definition) is 2. The van der Waals surface area contributed by atoms with Crippen LogP contribution in [0.3, 0.4) is 0 Å². The molecule has 29 heavy (non-hydrogen) atoms. The third-order valence-electron chi connectivity index (χ3n) is 4.91. The van der Waals surface area contributed by atoms with Crippen molar-refractivity contribution < 1.29 is 18.0 Å². The van der Waals surface area contributed by atoms with Crippen LogP contribution in [-0.4, -0.2) is 42.2 Å². The van der Waals surface area contributed by atoms with Gasteiger partial charge in [0.1, 0.15) is 5.69 Å². The van der Waals surface area contributed by atoms with E-state index in [1.807, 2.05) is 31.2 Å². The highest BCUT2D eigenvalue weighted by atomic mass is 32.2. The highest BCUT2D eigenvalue weighted by molar-refractivity contribution is 7.91. The largest absolute Gasteiger partial charge is 0.348 e. The minimum atomic E-state index is -3.07. The van der Waals surface area contributed by atoms with E-state index >= 15 is 0 Å². The van der Waals surface area contributed by atoms with E-state index in [9.17, 15) is 18.0 Å². The first-order valence-electron chi connectivity index (χ1n) is 9.10. The molecular weight excluding hydrogens is 410 g/mol. The molecule has 1 aliphatic heterocycles. The molecule has 1 saturated heterocycles. The normalized spacial score (nSPS) is 17.9. The molecule has 0 saturated carbocycles. The first-order chi connectivity index (χ1) is 13.8. The molecule has 2 heterocycles. The molecule has 7 nitrogen and oxygen atoms in total. The summed E-state index contributed by atoms with van der Waals surface area (Å²) in [6.45, 7) is 1.83. The molecule has 0 bridgehead atoms. The zero-order valence-corrected chi connectivity index (χ0v) is 17.3. The van der Waals surface area contributed by atoms with Gasteiger partial charge in [-0.15, -0.1) is 0 Å². The van der Waals surface area contributed by atoms with E-state index in [2.05, 4.69) is 15.0 Å². The van der Waals surface area contributed by atoms with Gasteiger partial charge in [0.05, 0.1) is 16.2 Å². The smallest absolute Gasteiger partial charge is 0.276 e. The predicted molar refractivity (Wildman–Crippen MR) is 113 cm³/mol. The minimum Gasteiger partial charge on any atom is -0.348 e. The van der Waals surface area contributed by atoms with E-state index in [1.54, 1.807) is 18.2 Å². The second kappa shape index (κ2) is 7.57. The van der Waals surface area contributed by atoms with Crippen molar-refractivity contribution in [1.29, 1.82) is 0 Å². The Morgan fingerprint density at radius 1 is 1.14 bits per heavy atom. The number of benzene rings is 2. The van der Waals surface area contributed by atoms with Crippen LogP contribution >= 0.6 is 11.5 Å². The van der Waals surface area contributed by atoms with Gasteiger partial charge < -0.3 is 10.6 Å². The van der Waals surface area contributed by atoms with E-state index in [4.69, 9.17) is 0 Å². The van der Waals surface area contributed by atoms with Gasteiger partial charge in [-0.2, -0.15) is 4.37 Å². The van der Waals surface area contributed by atoms with Crippen molar-refractivity contribution >= 4 is 49.0 Å². The molecule has 4 rings (SSSR count). The number of fused-ring (bicyclic) bond motifs is 1. The summed E-state index contributed by atoms with van der Waals surface area (Å²) in [6, 6.07) is 12.1. The van der Waals surface area contributed by atoms with E-state index in [1.165, 1.54) is 11.5 Å². The SMILES string of the molecule is Cc1ccc(C(=O)NC2CCS(=O)(=O)C2)cc1NC(=O)c1nsc2ccccc12. The second-order valence-corrected chi connectivity index (χ2v) is 10.1. The number of aromatic nitrogens is 1. The van der Waals surface area contributed by atoms with Gasteiger partial charge in [0, 0.05) is 22.7 Å². The fraction of sp³-hybridized carbons (Fsp3) is 0.250. The summed E-state index contributed by atoms with van der Waals surface area (Å²) in [4.78, 5) is 25.3. The third kappa shape index (κ3) is 4.15. The Morgan fingerprint density at radius 2 is 1.93 bits per heavy atom. The molecule has 1 aromatic heterocycles. The van der Waals surface area contributed by atoms with Crippen LogP contribution in [0.15, 0.2) is 42.5 Å². The van der Waals surface area contributed by atoms with Crippen LogP contribution in [0.4, 0.5) is 5.69 Å². The lowest BCUT2D eigenvalue weighted by atomic mass is 10.1. The van der Waals surface area contributed by atoms with Crippen molar-refractivity contribution in [2.45, 2.75) is 19.4 Å². The molecule has 9 heteroatoms. The summed E-state index contributed by atoms with van der Waals surface area (Å²) in [7, 11) is -3.07. The quantitative estimate of drug-likeness (QED) is 0.663. The zero-order chi connectivity index (χ0) is 20.6. The maximum absolute atomic E-state index is 12.7. The monoisotopic (exact) mass is 429 g/mol. The number of amides is 2. The fourth-order valence-corrected chi connectivity index (χ4v) is 5.75. The maximum atomic E-state index is 12.7. The summed E-state index contributed by atoms with van der Waals surface area (Å²) < 4.78 is 28.3. The number of sulfone groups is 1. The first kappa shape index (κ1) is 19.5. The van der Waals surface area contributed by atoms with Crippen LogP contribution in [0.1, 0.15) is 32.8 Å². The number of carbonyl (C=O) groups is 2. The molecule has 1 fully saturated rings. The number of rotatable bonds is 4. The van der Waals surface area contributed by atoms with E-state index < -0.39 is 9.84 Å². The van der Waals surface area contributed by atoms with E-state index in [0.29, 0.717) is 23.4 Å².